The summed E-state index contributed by atoms with van der Waals surface area (Å²) in [4.78, 5) is 8.99. The van der Waals surface area contributed by atoms with Crippen LogP contribution in [0.5, 0.6) is 0 Å². The lowest BCUT2D eigenvalue weighted by Gasteiger charge is -2.19. The van der Waals surface area contributed by atoms with Crippen molar-refractivity contribution in [2.24, 2.45) is 5.73 Å². The van der Waals surface area contributed by atoms with Gasteiger partial charge in [-0.3, -0.25) is 0 Å². The van der Waals surface area contributed by atoms with Crippen LogP contribution >= 0.6 is 11.3 Å². The molecule has 0 saturated heterocycles. The van der Waals surface area contributed by atoms with Crippen LogP contribution in [0.1, 0.15) is 26.1 Å². The fourth-order valence-electron chi connectivity index (χ4n) is 2.02. The summed E-state index contributed by atoms with van der Waals surface area (Å²) in [6.07, 6.45) is 2.73. The van der Waals surface area contributed by atoms with E-state index in [2.05, 4.69) is 47.2 Å². The minimum atomic E-state index is -0.394. The van der Waals surface area contributed by atoms with Crippen LogP contribution in [0.15, 0.2) is 36.5 Å². The molecule has 0 amide bonds. The number of hydrogen-bond acceptors (Lipinski definition) is 3. The van der Waals surface area contributed by atoms with Gasteiger partial charge in [0, 0.05) is 4.70 Å². The van der Waals surface area contributed by atoms with E-state index in [0.29, 0.717) is 0 Å². The van der Waals surface area contributed by atoms with Gasteiger partial charge < -0.3 is 10.7 Å². The van der Waals surface area contributed by atoms with Crippen molar-refractivity contribution in [1.82, 2.24) is 9.97 Å². The molecule has 1 atom stereocenters. The number of thiophene rings is 1. The largest absolute Gasteiger partial charge is 0.340 e. The molecule has 2 heterocycles. The Hall–Kier alpha value is -1.65. The smallest absolute Gasteiger partial charge is 0.126 e. The number of benzene rings is 1. The van der Waals surface area contributed by atoms with E-state index in [1.165, 1.54) is 15.0 Å². The van der Waals surface area contributed by atoms with Crippen LogP contribution in [0, 0.1) is 0 Å². The molecule has 0 saturated carbocycles. The SMILES string of the molecule is CCC(C)(N)c1ncc(-c2cc3ccccc3s2)[nH]1. The topological polar surface area (TPSA) is 54.7 Å². The Labute approximate surface area is 116 Å². The van der Waals surface area contributed by atoms with Crippen molar-refractivity contribution in [3.8, 4) is 10.6 Å². The van der Waals surface area contributed by atoms with E-state index in [1.807, 2.05) is 13.1 Å². The van der Waals surface area contributed by atoms with Crippen LogP contribution in [0.3, 0.4) is 0 Å². The van der Waals surface area contributed by atoms with Gasteiger partial charge in [0.15, 0.2) is 0 Å². The van der Waals surface area contributed by atoms with Crippen LogP contribution in [-0.4, -0.2) is 9.97 Å². The molecular formula is C15H17N3S. The lowest BCUT2D eigenvalue weighted by atomic mass is 10.0. The number of aromatic amines is 1. The molecule has 3 rings (SSSR count). The maximum Gasteiger partial charge on any atom is 0.126 e. The number of nitrogens with one attached hydrogen (secondary N) is 1. The maximum atomic E-state index is 6.21. The highest BCUT2D eigenvalue weighted by Gasteiger charge is 2.22. The first-order valence-electron chi connectivity index (χ1n) is 6.43. The Bertz CT molecular complexity index is 676. The van der Waals surface area contributed by atoms with Gasteiger partial charge in [-0.25, -0.2) is 4.98 Å². The van der Waals surface area contributed by atoms with Gasteiger partial charge in [0.25, 0.3) is 0 Å². The van der Waals surface area contributed by atoms with Crippen molar-refractivity contribution < 1.29 is 0 Å². The van der Waals surface area contributed by atoms with Gasteiger partial charge in [-0.1, -0.05) is 25.1 Å². The third-order valence-electron chi connectivity index (χ3n) is 3.54. The normalized spacial score (nSPS) is 14.7. The average molecular weight is 271 g/mol. The molecule has 0 spiro atoms. The molecular weight excluding hydrogens is 254 g/mol. The Morgan fingerprint density at radius 1 is 1.37 bits per heavy atom. The lowest BCUT2D eigenvalue weighted by molar-refractivity contribution is 0.450. The number of fused-ring (bicyclic) bond motifs is 1. The van der Waals surface area contributed by atoms with E-state index in [9.17, 15) is 0 Å². The van der Waals surface area contributed by atoms with Crippen LogP contribution in [0.2, 0.25) is 0 Å². The molecule has 3 N–H and O–H groups in total. The highest BCUT2D eigenvalue weighted by molar-refractivity contribution is 7.22. The van der Waals surface area contributed by atoms with Crippen molar-refractivity contribution in [2.75, 3.05) is 0 Å². The van der Waals surface area contributed by atoms with E-state index in [1.54, 1.807) is 11.3 Å². The Balaban J connectivity index is 2.03. The minimum absolute atomic E-state index is 0.394. The summed E-state index contributed by atoms with van der Waals surface area (Å²) in [7, 11) is 0. The predicted octanol–water partition coefficient (Wildman–Crippen LogP) is 3.88. The lowest BCUT2D eigenvalue weighted by Crippen LogP contribution is -2.33. The number of nitrogens with two attached hydrogens (primary N) is 1. The molecule has 98 valence electrons. The van der Waals surface area contributed by atoms with Crippen molar-refractivity contribution in [2.45, 2.75) is 25.8 Å². The second kappa shape index (κ2) is 4.47. The van der Waals surface area contributed by atoms with Gasteiger partial charge in [0.05, 0.1) is 22.3 Å². The molecule has 4 heteroatoms. The first-order chi connectivity index (χ1) is 9.10. The Kier molecular flexibility index (Phi) is 2.92. The van der Waals surface area contributed by atoms with E-state index in [4.69, 9.17) is 5.73 Å². The van der Waals surface area contributed by atoms with Gasteiger partial charge in [-0.15, -0.1) is 11.3 Å². The number of H-pyrrole nitrogens is 1. The van der Waals surface area contributed by atoms with Gasteiger partial charge in [0.2, 0.25) is 0 Å². The first kappa shape index (κ1) is 12.4. The zero-order valence-electron chi connectivity index (χ0n) is 11.1. The van der Waals surface area contributed by atoms with Gasteiger partial charge >= 0.3 is 0 Å². The van der Waals surface area contributed by atoms with Crippen molar-refractivity contribution >= 4 is 21.4 Å². The first-order valence-corrected chi connectivity index (χ1v) is 7.25. The summed E-state index contributed by atoms with van der Waals surface area (Å²) in [6.45, 7) is 4.07. The van der Waals surface area contributed by atoms with Gasteiger partial charge in [-0.2, -0.15) is 0 Å². The molecule has 1 unspecified atom stereocenters. The standard InChI is InChI=1S/C15H17N3S/c1-3-15(2,16)14-17-9-11(18-14)13-8-10-6-4-5-7-12(10)19-13/h4-9H,3,16H2,1-2H3,(H,17,18). The second-order valence-electron chi connectivity index (χ2n) is 5.06. The molecule has 0 radical (unpaired) electrons. The zero-order chi connectivity index (χ0) is 13.5. The summed E-state index contributed by atoms with van der Waals surface area (Å²) < 4.78 is 1.29. The molecule has 0 aliphatic heterocycles. The predicted molar refractivity (Wildman–Crippen MR) is 81.2 cm³/mol. The molecule has 0 fully saturated rings. The summed E-state index contributed by atoms with van der Waals surface area (Å²) in [6, 6.07) is 10.6. The van der Waals surface area contributed by atoms with Crippen LogP contribution in [0.25, 0.3) is 20.7 Å². The Morgan fingerprint density at radius 3 is 2.89 bits per heavy atom. The summed E-state index contributed by atoms with van der Waals surface area (Å²) in [5, 5.41) is 1.27. The maximum absolute atomic E-state index is 6.21. The van der Waals surface area contributed by atoms with E-state index in [0.717, 1.165) is 17.9 Å². The molecule has 0 aliphatic carbocycles. The van der Waals surface area contributed by atoms with E-state index < -0.39 is 5.54 Å². The summed E-state index contributed by atoms with van der Waals surface area (Å²) in [5.41, 5.74) is 6.86. The molecule has 2 aromatic heterocycles. The second-order valence-corrected chi connectivity index (χ2v) is 6.15. The average Bonchev–Trinajstić information content (AvgIpc) is 3.05. The zero-order valence-corrected chi connectivity index (χ0v) is 11.9. The number of hydrogen-bond donors (Lipinski definition) is 2. The van der Waals surface area contributed by atoms with Crippen molar-refractivity contribution in [1.29, 1.82) is 0 Å². The molecule has 0 aliphatic rings. The molecule has 0 bridgehead atoms. The molecule has 19 heavy (non-hydrogen) atoms. The van der Waals surface area contributed by atoms with Crippen molar-refractivity contribution in [3.63, 3.8) is 0 Å². The minimum Gasteiger partial charge on any atom is -0.340 e. The molecule has 3 nitrogen and oxygen atoms in total. The quantitative estimate of drug-likeness (QED) is 0.759. The highest BCUT2D eigenvalue weighted by Crippen LogP contribution is 2.33. The third kappa shape index (κ3) is 2.17. The van der Waals surface area contributed by atoms with E-state index >= 15 is 0 Å². The Morgan fingerprint density at radius 2 is 2.16 bits per heavy atom. The highest BCUT2D eigenvalue weighted by atomic mass is 32.1. The monoisotopic (exact) mass is 271 g/mol. The van der Waals surface area contributed by atoms with Crippen LogP contribution in [-0.2, 0) is 5.54 Å². The number of nitrogens with zero attached hydrogens (tertiary/aromatic N) is 1. The summed E-state index contributed by atoms with van der Waals surface area (Å²) in [5.74, 6) is 0.849. The molecule has 1 aromatic carbocycles. The molecule has 3 aromatic rings. The number of rotatable bonds is 3. The van der Waals surface area contributed by atoms with Crippen LogP contribution < -0.4 is 5.73 Å². The van der Waals surface area contributed by atoms with E-state index in [-0.39, 0.29) is 0 Å². The fourth-order valence-corrected chi connectivity index (χ4v) is 3.05. The van der Waals surface area contributed by atoms with Gasteiger partial charge in [-0.05, 0) is 30.9 Å². The van der Waals surface area contributed by atoms with Crippen LogP contribution in [0.4, 0.5) is 0 Å². The van der Waals surface area contributed by atoms with Crippen molar-refractivity contribution in [3.05, 3.63) is 42.4 Å². The summed E-state index contributed by atoms with van der Waals surface area (Å²) >= 11 is 1.77. The third-order valence-corrected chi connectivity index (χ3v) is 4.69. The fraction of sp³-hybridized carbons (Fsp3) is 0.267. The number of imidazole rings is 1. The van der Waals surface area contributed by atoms with Gasteiger partial charge in [0.1, 0.15) is 5.82 Å². The number of aromatic nitrogens is 2.